The van der Waals surface area contributed by atoms with Crippen LogP contribution in [0.5, 0.6) is 0 Å². The summed E-state index contributed by atoms with van der Waals surface area (Å²) >= 11 is -0.742. The fourth-order valence-electron chi connectivity index (χ4n) is 2.48. The molecule has 0 aromatic rings. The van der Waals surface area contributed by atoms with Gasteiger partial charge in [0.2, 0.25) is 0 Å². The smallest absolute Gasteiger partial charge is 0.461 e. The van der Waals surface area contributed by atoms with Crippen LogP contribution in [-0.4, -0.2) is 33.8 Å². The van der Waals surface area contributed by atoms with E-state index in [4.69, 9.17) is 8.53 Å². The zero-order chi connectivity index (χ0) is 12.5. The quantitative estimate of drug-likeness (QED) is 0.695. The molecule has 0 N–H and O–H groups in total. The first-order chi connectivity index (χ1) is 8.18. The van der Waals surface area contributed by atoms with Crippen molar-refractivity contribution in [3.63, 3.8) is 0 Å². The maximum Gasteiger partial charge on any atom is 0.461 e. The maximum absolute atomic E-state index is 5.94. The van der Waals surface area contributed by atoms with Crippen LogP contribution < -0.4 is 0 Å². The summed E-state index contributed by atoms with van der Waals surface area (Å²) < 4.78 is 11.0. The topological polar surface area (TPSA) is 18.5 Å². The Kier molecular flexibility index (Phi) is 8.57. The van der Waals surface area contributed by atoms with Crippen LogP contribution in [0.4, 0.5) is 0 Å². The number of ether oxygens (including phenoxy) is 1. The van der Waals surface area contributed by atoms with E-state index in [-0.39, 0.29) is 0 Å². The van der Waals surface area contributed by atoms with Gasteiger partial charge >= 0.3 is 14.5 Å². The van der Waals surface area contributed by atoms with Crippen molar-refractivity contribution in [1.82, 2.24) is 0 Å². The molecule has 2 heterocycles. The predicted octanol–water partition coefficient (Wildman–Crippen LogP) is 4.02. The average molecular weight is 256 g/mol. The lowest BCUT2D eigenvalue weighted by atomic mass is 10.2. The molecule has 0 aromatic heterocycles. The Morgan fingerprint density at radius 3 is 2.24 bits per heavy atom. The van der Waals surface area contributed by atoms with Gasteiger partial charge in [0.1, 0.15) is 0 Å². The molecule has 2 aliphatic heterocycles. The zero-order valence-electron chi connectivity index (χ0n) is 11.9. The van der Waals surface area contributed by atoms with Gasteiger partial charge in [-0.3, -0.25) is 0 Å². The van der Waals surface area contributed by atoms with Crippen molar-refractivity contribution in [3.05, 3.63) is 0 Å². The molecule has 2 rings (SSSR count). The molecule has 2 saturated heterocycles. The van der Waals surface area contributed by atoms with Gasteiger partial charge in [-0.15, -0.1) is 0 Å². The van der Waals surface area contributed by atoms with Crippen molar-refractivity contribution in [2.75, 3.05) is 13.2 Å². The van der Waals surface area contributed by atoms with Gasteiger partial charge in [0.25, 0.3) is 0 Å². The molecule has 0 amide bonds. The molecule has 0 bridgehead atoms. The minimum Gasteiger partial charge on any atom is -0.498 e. The average Bonchev–Trinajstić information content (AvgIpc) is 2.31. The molecule has 17 heavy (non-hydrogen) atoms. The van der Waals surface area contributed by atoms with Gasteiger partial charge in [-0.2, -0.15) is 0 Å². The minimum absolute atomic E-state index is 0.569. The lowest BCUT2D eigenvalue weighted by Gasteiger charge is -2.25. The van der Waals surface area contributed by atoms with Crippen LogP contribution in [0.3, 0.4) is 0 Å². The summed E-state index contributed by atoms with van der Waals surface area (Å²) in [4.78, 5) is 0. The van der Waals surface area contributed by atoms with Crippen molar-refractivity contribution in [2.45, 2.75) is 69.5 Å². The highest BCUT2D eigenvalue weighted by molar-refractivity contribution is 6.52. The number of hydrogen-bond donors (Lipinski definition) is 0. The van der Waals surface area contributed by atoms with Crippen molar-refractivity contribution < 1.29 is 8.53 Å². The second-order valence-corrected chi connectivity index (χ2v) is 8.37. The molecule has 0 radical (unpaired) electrons. The summed E-state index contributed by atoms with van der Waals surface area (Å²) in [5.41, 5.74) is 0. The molecule has 0 aliphatic carbocycles. The SMILES string of the molecule is C1CCOCC1.CC(C)[CH2][Al]1[CH2]CCC(C)[O]1. The molecule has 2 nitrogen and oxygen atoms in total. The first-order valence-corrected chi connectivity index (χ1v) is 9.52. The Bertz CT molecular complexity index is 168. The molecule has 100 valence electrons. The second-order valence-electron chi connectivity index (χ2n) is 5.80. The van der Waals surface area contributed by atoms with E-state index in [1.165, 1.54) is 42.7 Å². The van der Waals surface area contributed by atoms with Crippen LogP contribution in [0.2, 0.25) is 10.6 Å². The van der Waals surface area contributed by atoms with Gasteiger partial charge in [-0.25, -0.2) is 0 Å². The van der Waals surface area contributed by atoms with E-state index < -0.39 is 14.5 Å². The molecule has 2 aliphatic rings. The van der Waals surface area contributed by atoms with E-state index in [0.29, 0.717) is 6.10 Å². The summed E-state index contributed by atoms with van der Waals surface area (Å²) in [5, 5.41) is 2.80. The number of rotatable bonds is 2. The van der Waals surface area contributed by atoms with Gasteiger partial charge in [-0.05, 0) is 32.6 Å². The molecule has 1 unspecified atom stereocenters. The Morgan fingerprint density at radius 2 is 1.82 bits per heavy atom. The van der Waals surface area contributed by atoms with Crippen LogP contribution >= 0.6 is 0 Å². The van der Waals surface area contributed by atoms with Crippen molar-refractivity contribution in [3.8, 4) is 0 Å². The van der Waals surface area contributed by atoms with Crippen molar-refractivity contribution in [2.24, 2.45) is 5.92 Å². The van der Waals surface area contributed by atoms with E-state index >= 15 is 0 Å². The van der Waals surface area contributed by atoms with Crippen molar-refractivity contribution >= 4 is 14.5 Å². The lowest BCUT2D eigenvalue weighted by molar-refractivity contribution is 0.0968. The second kappa shape index (κ2) is 9.39. The van der Waals surface area contributed by atoms with E-state index in [2.05, 4.69) is 20.8 Å². The van der Waals surface area contributed by atoms with Crippen LogP contribution in [0, 0.1) is 5.92 Å². The van der Waals surface area contributed by atoms with Gasteiger partial charge in [0.15, 0.2) is 0 Å². The molecule has 1 atom stereocenters. The molecule has 0 aromatic carbocycles. The fraction of sp³-hybridized carbons (Fsp3) is 1.00. The van der Waals surface area contributed by atoms with Gasteiger partial charge in [0.05, 0.1) is 0 Å². The molecule has 0 saturated carbocycles. The maximum atomic E-state index is 5.94. The third-order valence-corrected chi connectivity index (χ3v) is 6.74. The number of hydrogen-bond acceptors (Lipinski definition) is 2. The Labute approximate surface area is 112 Å². The highest BCUT2D eigenvalue weighted by Crippen LogP contribution is 2.21. The van der Waals surface area contributed by atoms with Crippen LogP contribution in [0.15, 0.2) is 0 Å². The Hall–Kier alpha value is 0.452. The third-order valence-electron chi connectivity index (χ3n) is 3.37. The Balaban J connectivity index is 0.000000202. The minimum atomic E-state index is -0.742. The summed E-state index contributed by atoms with van der Waals surface area (Å²) in [5.74, 6) is 0.844. The van der Waals surface area contributed by atoms with E-state index in [1.807, 2.05) is 0 Å². The zero-order valence-corrected chi connectivity index (χ0v) is 13.1. The van der Waals surface area contributed by atoms with Gasteiger partial charge < -0.3 is 8.53 Å². The van der Waals surface area contributed by atoms with E-state index in [9.17, 15) is 0 Å². The van der Waals surface area contributed by atoms with Crippen LogP contribution in [-0.2, 0) is 8.53 Å². The summed E-state index contributed by atoms with van der Waals surface area (Å²) in [6.07, 6.45) is 7.21. The van der Waals surface area contributed by atoms with Crippen LogP contribution in [0.25, 0.3) is 0 Å². The molecular weight excluding hydrogens is 227 g/mol. The monoisotopic (exact) mass is 256 g/mol. The predicted molar refractivity (Wildman–Crippen MR) is 74.7 cm³/mol. The highest BCUT2D eigenvalue weighted by atomic mass is 27.2. The van der Waals surface area contributed by atoms with Crippen LogP contribution in [0.1, 0.15) is 52.9 Å². The molecular formula is C14H29AlO2. The van der Waals surface area contributed by atoms with Gasteiger partial charge in [0, 0.05) is 19.3 Å². The standard InChI is InChI=1S/2C5H10O.C4H9.Al/c1-2-4-6-5-3-1;1-3-4-5(2)6;1-4(2)3;/h1-5H2;5H,1,3-4H2,2H3;4H,1H2,2-3H3;/q;-1;;+1. The summed E-state index contributed by atoms with van der Waals surface area (Å²) in [7, 11) is 0. The van der Waals surface area contributed by atoms with Gasteiger partial charge in [-0.1, -0.05) is 36.8 Å². The summed E-state index contributed by atoms with van der Waals surface area (Å²) in [6, 6.07) is 0. The van der Waals surface area contributed by atoms with E-state index in [1.54, 1.807) is 0 Å². The third kappa shape index (κ3) is 8.22. The normalized spacial score (nSPS) is 25.4. The van der Waals surface area contributed by atoms with E-state index in [0.717, 1.165) is 19.1 Å². The first kappa shape index (κ1) is 15.5. The molecule has 0 spiro atoms. The Morgan fingerprint density at radius 1 is 1.12 bits per heavy atom. The lowest BCUT2D eigenvalue weighted by Crippen LogP contribution is -2.29. The molecule has 2 fully saturated rings. The summed E-state index contributed by atoms with van der Waals surface area (Å²) in [6.45, 7) is 8.82. The largest absolute Gasteiger partial charge is 0.498 e. The van der Waals surface area contributed by atoms with Crippen molar-refractivity contribution in [1.29, 1.82) is 0 Å². The molecule has 3 heteroatoms. The highest BCUT2D eigenvalue weighted by Gasteiger charge is 2.27. The fourth-order valence-corrected chi connectivity index (χ4v) is 5.50. The first-order valence-electron chi connectivity index (χ1n) is 7.41.